The first-order chi connectivity index (χ1) is 10.2. The van der Waals surface area contributed by atoms with Gasteiger partial charge in [-0.25, -0.2) is 10.9 Å². The van der Waals surface area contributed by atoms with Gasteiger partial charge in [0.15, 0.2) is 11.5 Å². The minimum atomic E-state index is -0.549. The maximum absolute atomic E-state index is 11.6. The Morgan fingerprint density at radius 1 is 0.952 bits per heavy atom. The Hall–Kier alpha value is -2.96. The number of rotatable bonds is 6. The Morgan fingerprint density at radius 3 is 1.76 bits per heavy atom. The molecule has 0 unspecified atom stereocenters. The van der Waals surface area contributed by atoms with Gasteiger partial charge in [-0.2, -0.15) is 10.2 Å². The summed E-state index contributed by atoms with van der Waals surface area (Å²) in [5, 5.41) is 7.32. The van der Waals surface area contributed by atoms with Gasteiger partial charge < -0.3 is 4.42 Å². The predicted octanol–water partition coefficient (Wildman–Crippen LogP) is 1.86. The lowest BCUT2D eigenvalue weighted by Crippen LogP contribution is -2.18. The van der Waals surface area contributed by atoms with Crippen LogP contribution in [-0.2, 0) is 0 Å². The first-order valence-corrected chi connectivity index (χ1v) is 6.18. The molecule has 2 N–H and O–H groups in total. The molecule has 0 spiro atoms. The van der Waals surface area contributed by atoms with Crippen molar-refractivity contribution in [3.63, 3.8) is 0 Å². The number of nitrogens with zero attached hydrogens (tertiary/aromatic N) is 2. The first kappa shape index (κ1) is 16.1. The number of amides is 2. The fraction of sp³-hybridized carbons (Fsp3) is 0.143. The zero-order chi connectivity index (χ0) is 15.5. The van der Waals surface area contributed by atoms with Gasteiger partial charge in [-0.15, -0.1) is 0 Å². The summed E-state index contributed by atoms with van der Waals surface area (Å²) in [4.78, 5) is 23.3. The van der Waals surface area contributed by atoms with Crippen molar-refractivity contribution in [3.8, 4) is 0 Å². The molecule has 7 heteroatoms. The van der Waals surface area contributed by atoms with E-state index in [0.29, 0.717) is 0 Å². The van der Waals surface area contributed by atoms with Gasteiger partial charge in [0.1, 0.15) is 0 Å². The van der Waals surface area contributed by atoms with Crippen molar-refractivity contribution < 1.29 is 14.0 Å². The van der Waals surface area contributed by atoms with E-state index in [-0.39, 0.29) is 11.5 Å². The van der Waals surface area contributed by atoms with E-state index >= 15 is 0 Å². The molecule has 21 heavy (non-hydrogen) atoms. The molecule has 110 valence electrons. The van der Waals surface area contributed by atoms with Crippen LogP contribution in [0.2, 0.25) is 0 Å². The summed E-state index contributed by atoms with van der Waals surface area (Å²) in [5.41, 5.74) is 4.52. The van der Waals surface area contributed by atoms with Crippen molar-refractivity contribution in [1.29, 1.82) is 0 Å². The van der Waals surface area contributed by atoms with E-state index in [2.05, 4.69) is 21.1 Å². The summed E-state index contributed by atoms with van der Waals surface area (Å²) in [7, 11) is 0. The molecule has 0 bridgehead atoms. The van der Waals surface area contributed by atoms with Crippen molar-refractivity contribution in [2.24, 2.45) is 10.2 Å². The van der Waals surface area contributed by atoms with Crippen LogP contribution in [0, 0.1) is 0 Å². The molecule has 7 nitrogen and oxygen atoms in total. The van der Waals surface area contributed by atoms with Crippen molar-refractivity contribution in [1.82, 2.24) is 10.9 Å². The number of nitrogens with one attached hydrogen (secondary N) is 2. The number of hydrazone groups is 2. The molecular formula is C14H16N4O3. The third-order valence-electron chi connectivity index (χ3n) is 2.09. The summed E-state index contributed by atoms with van der Waals surface area (Å²) in [6.07, 6.45) is 9.68. The van der Waals surface area contributed by atoms with Gasteiger partial charge in [0, 0.05) is 12.4 Å². The van der Waals surface area contributed by atoms with Crippen LogP contribution in [-0.4, -0.2) is 24.2 Å². The highest BCUT2D eigenvalue weighted by molar-refractivity contribution is 5.96. The Balaban J connectivity index is 2.59. The Labute approximate surface area is 122 Å². The summed E-state index contributed by atoms with van der Waals surface area (Å²) >= 11 is 0. The Morgan fingerprint density at radius 2 is 1.38 bits per heavy atom. The minimum absolute atomic E-state index is 0.0183. The van der Waals surface area contributed by atoms with Crippen LogP contribution in [0.25, 0.3) is 0 Å². The van der Waals surface area contributed by atoms with Gasteiger partial charge in [0.2, 0.25) is 0 Å². The van der Waals surface area contributed by atoms with Crippen molar-refractivity contribution in [2.75, 3.05) is 0 Å². The van der Waals surface area contributed by atoms with Crippen LogP contribution in [0.15, 0.2) is 51.1 Å². The lowest BCUT2D eigenvalue weighted by atomic mass is 10.4. The lowest BCUT2D eigenvalue weighted by molar-refractivity contribution is 0.0902. The molecule has 0 saturated carbocycles. The summed E-state index contributed by atoms with van der Waals surface area (Å²) in [6.45, 7) is 3.65. The molecule has 0 aliphatic heterocycles. The molecule has 0 fully saturated rings. The standard InChI is InChI=1S/C14H16N4O3/c1-3-5-9-15-17-13(19)11-7-8-12(21-11)14(20)18-16-10-6-4-2/h3-10H,1-2H3,(H,17,19)(H,18,20)/b5-3+,6-4+,15-9+,16-10+. The molecule has 0 aromatic carbocycles. The van der Waals surface area contributed by atoms with Crippen molar-refractivity contribution >= 4 is 24.2 Å². The zero-order valence-electron chi connectivity index (χ0n) is 11.7. The van der Waals surface area contributed by atoms with Gasteiger partial charge in [-0.3, -0.25) is 9.59 Å². The quantitative estimate of drug-likeness (QED) is 0.617. The molecule has 0 saturated heterocycles. The average Bonchev–Trinajstić information content (AvgIpc) is 2.98. The van der Waals surface area contributed by atoms with Crippen LogP contribution >= 0.6 is 0 Å². The molecule has 0 aliphatic carbocycles. The fourth-order valence-electron chi connectivity index (χ4n) is 1.14. The Bertz CT molecular complexity index is 547. The van der Waals surface area contributed by atoms with Gasteiger partial charge in [0.05, 0.1) is 0 Å². The number of carbonyl (C=O) groups is 2. The second kappa shape index (κ2) is 9.03. The maximum atomic E-state index is 11.6. The van der Waals surface area contributed by atoms with E-state index in [1.54, 1.807) is 24.3 Å². The van der Waals surface area contributed by atoms with Crippen LogP contribution in [0.1, 0.15) is 35.0 Å². The molecule has 0 atom stereocenters. The van der Waals surface area contributed by atoms with E-state index in [0.717, 1.165) is 0 Å². The van der Waals surface area contributed by atoms with Crippen molar-refractivity contribution in [2.45, 2.75) is 13.8 Å². The number of furan rings is 1. The molecular weight excluding hydrogens is 272 g/mol. The number of hydrogen-bond acceptors (Lipinski definition) is 5. The van der Waals surface area contributed by atoms with Gasteiger partial charge in [-0.1, -0.05) is 12.2 Å². The van der Waals surface area contributed by atoms with Crippen LogP contribution in [0.3, 0.4) is 0 Å². The lowest BCUT2D eigenvalue weighted by Gasteiger charge is -1.96. The Kier molecular flexibility index (Phi) is 6.92. The largest absolute Gasteiger partial charge is 0.446 e. The predicted molar refractivity (Wildman–Crippen MR) is 80.3 cm³/mol. The molecule has 2 amide bonds. The van der Waals surface area contributed by atoms with Gasteiger partial charge >= 0.3 is 11.8 Å². The number of allylic oxidation sites excluding steroid dienone is 4. The highest BCUT2D eigenvalue weighted by atomic mass is 16.4. The van der Waals surface area contributed by atoms with Gasteiger partial charge in [-0.05, 0) is 38.1 Å². The fourth-order valence-corrected chi connectivity index (χ4v) is 1.14. The van der Waals surface area contributed by atoms with E-state index in [9.17, 15) is 9.59 Å². The third kappa shape index (κ3) is 5.68. The molecule has 1 heterocycles. The zero-order valence-corrected chi connectivity index (χ0v) is 11.7. The molecule has 0 radical (unpaired) electrons. The summed E-state index contributed by atoms with van der Waals surface area (Å²) in [5.74, 6) is -1.13. The topological polar surface area (TPSA) is 96.1 Å². The van der Waals surface area contributed by atoms with E-state index < -0.39 is 11.8 Å². The highest BCUT2D eigenvalue weighted by Gasteiger charge is 2.14. The van der Waals surface area contributed by atoms with Crippen LogP contribution in [0.5, 0.6) is 0 Å². The number of carbonyl (C=O) groups excluding carboxylic acids is 2. The van der Waals surface area contributed by atoms with Crippen LogP contribution < -0.4 is 10.9 Å². The highest BCUT2D eigenvalue weighted by Crippen LogP contribution is 2.07. The molecule has 0 aliphatic rings. The second-order valence-corrected chi connectivity index (χ2v) is 3.65. The van der Waals surface area contributed by atoms with Gasteiger partial charge in [0.25, 0.3) is 0 Å². The summed E-state index contributed by atoms with van der Waals surface area (Å²) < 4.78 is 5.11. The maximum Gasteiger partial charge on any atom is 0.307 e. The van der Waals surface area contributed by atoms with E-state index in [1.807, 2.05) is 13.8 Å². The normalized spacial score (nSPS) is 11.9. The monoisotopic (exact) mass is 288 g/mol. The molecule has 1 rings (SSSR count). The number of hydrogen-bond donors (Lipinski definition) is 2. The average molecular weight is 288 g/mol. The first-order valence-electron chi connectivity index (χ1n) is 6.18. The van der Waals surface area contributed by atoms with E-state index in [4.69, 9.17) is 4.42 Å². The minimum Gasteiger partial charge on any atom is -0.446 e. The van der Waals surface area contributed by atoms with Crippen LogP contribution in [0.4, 0.5) is 0 Å². The third-order valence-corrected chi connectivity index (χ3v) is 2.09. The SMILES string of the molecule is C/C=C/C=N/NC(=O)c1ccc(C(=O)N/N=C/C=C/C)o1. The second-order valence-electron chi connectivity index (χ2n) is 3.65. The van der Waals surface area contributed by atoms with E-state index in [1.165, 1.54) is 24.6 Å². The summed E-state index contributed by atoms with van der Waals surface area (Å²) in [6, 6.07) is 2.76. The smallest absolute Gasteiger partial charge is 0.307 e. The molecule has 1 aromatic rings. The van der Waals surface area contributed by atoms with Crippen molar-refractivity contribution in [3.05, 3.63) is 48.0 Å². The molecule has 1 aromatic heterocycles.